The first kappa shape index (κ1) is 13.2. The lowest BCUT2D eigenvalue weighted by Gasteiger charge is -2.17. The van der Waals surface area contributed by atoms with Crippen molar-refractivity contribution in [2.45, 2.75) is 32.7 Å². The van der Waals surface area contributed by atoms with Gasteiger partial charge in [0, 0.05) is 7.11 Å². The molecule has 0 aliphatic carbocycles. The smallest absolute Gasteiger partial charge is 0.0657 e. The van der Waals surface area contributed by atoms with Crippen molar-refractivity contribution in [3.63, 3.8) is 0 Å². The molecule has 0 amide bonds. The van der Waals surface area contributed by atoms with Crippen LogP contribution in [0.25, 0.3) is 0 Å². The third-order valence-corrected chi connectivity index (χ3v) is 2.70. The highest BCUT2D eigenvalue weighted by Gasteiger charge is 2.08. The molecule has 0 aliphatic rings. The topological polar surface area (TPSA) is 21.3 Å². The van der Waals surface area contributed by atoms with Gasteiger partial charge in [0.1, 0.15) is 0 Å². The summed E-state index contributed by atoms with van der Waals surface area (Å²) in [6, 6.07) is 9.16. The first-order valence-corrected chi connectivity index (χ1v) is 6.13. The number of nitrogens with one attached hydrogen (secondary N) is 1. The molecule has 0 bridgehead atoms. The van der Waals surface area contributed by atoms with E-state index in [1.54, 1.807) is 7.11 Å². The minimum absolute atomic E-state index is 0.311. The minimum Gasteiger partial charge on any atom is -0.383 e. The van der Waals surface area contributed by atoms with E-state index >= 15 is 0 Å². The van der Waals surface area contributed by atoms with Gasteiger partial charge in [0.15, 0.2) is 0 Å². The summed E-state index contributed by atoms with van der Waals surface area (Å²) in [5.74, 6) is 0. The number of hydrogen-bond acceptors (Lipinski definition) is 2. The van der Waals surface area contributed by atoms with Crippen LogP contribution in [0.3, 0.4) is 0 Å². The summed E-state index contributed by atoms with van der Waals surface area (Å²) in [5, 5.41) is 3.43. The summed E-state index contributed by atoms with van der Waals surface area (Å²) in [6.45, 7) is 6.01. The van der Waals surface area contributed by atoms with Crippen molar-refractivity contribution in [1.29, 1.82) is 0 Å². The maximum Gasteiger partial charge on any atom is 0.0657 e. The lowest BCUT2D eigenvalue weighted by Crippen LogP contribution is -2.24. The number of benzene rings is 1. The van der Waals surface area contributed by atoms with Crippen molar-refractivity contribution in [3.05, 3.63) is 35.4 Å². The van der Waals surface area contributed by atoms with E-state index in [0.29, 0.717) is 6.04 Å². The summed E-state index contributed by atoms with van der Waals surface area (Å²) in [4.78, 5) is 0. The molecule has 2 nitrogen and oxygen atoms in total. The van der Waals surface area contributed by atoms with Crippen molar-refractivity contribution in [2.24, 2.45) is 0 Å². The zero-order valence-corrected chi connectivity index (χ0v) is 10.6. The van der Waals surface area contributed by atoms with Gasteiger partial charge in [-0.2, -0.15) is 0 Å². The molecule has 0 aromatic heterocycles. The zero-order valence-electron chi connectivity index (χ0n) is 10.6. The monoisotopic (exact) mass is 221 g/mol. The first-order valence-electron chi connectivity index (χ1n) is 6.13. The Morgan fingerprint density at radius 1 is 1.19 bits per heavy atom. The van der Waals surface area contributed by atoms with Gasteiger partial charge in [0.25, 0.3) is 0 Å². The van der Waals surface area contributed by atoms with Crippen LogP contribution in [0.2, 0.25) is 0 Å². The van der Waals surface area contributed by atoms with Gasteiger partial charge in [-0.05, 0) is 24.1 Å². The van der Waals surface area contributed by atoms with Crippen LogP contribution < -0.4 is 5.32 Å². The molecule has 1 rings (SSSR count). The third-order valence-electron chi connectivity index (χ3n) is 2.70. The zero-order chi connectivity index (χ0) is 11.8. The normalized spacial score (nSPS) is 12.7. The quantitative estimate of drug-likeness (QED) is 0.764. The van der Waals surface area contributed by atoms with E-state index in [2.05, 4.69) is 43.4 Å². The van der Waals surface area contributed by atoms with Crippen molar-refractivity contribution in [3.8, 4) is 0 Å². The van der Waals surface area contributed by atoms with E-state index in [9.17, 15) is 0 Å². The van der Waals surface area contributed by atoms with Crippen molar-refractivity contribution < 1.29 is 4.74 Å². The molecule has 1 atom stereocenters. The molecule has 0 fully saturated rings. The number of likely N-dealkylation sites (N-methyl/N-ethyl adjacent to an activating group) is 1. The highest BCUT2D eigenvalue weighted by molar-refractivity contribution is 5.25. The molecule has 0 radical (unpaired) electrons. The summed E-state index contributed by atoms with van der Waals surface area (Å²) in [5.41, 5.74) is 2.72. The third kappa shape index (κ3) is 3.95. The number of ether oxygens (including phenoxy) is 1. The van der Waals surface area contributed by atoms with Crippen LogP contribution in [0.4, 0.5) is 0 Å². The molecular formula is C14H23NO. The second kappa shape index (κ2) is 7.42. The van der Waals surface area contributed by atoms with Gasteiger partial charge in [0.05, 0.1) is 12.6 Å². The molecular weight excluding hydrogens is 198 g/mol. The fourth-order valence-electron chi connectivity index (χ4n) is 1.89. The molecule has 0 saturated carbocycles. The Kier molecular flexibility index (Phi) is 6.12. The lowest BCUT2D eigenvalue weighted by atomic mass is 10.0. The summed E-state index contributed by atoms with van der Waals surface area (Å²) in [6.07, 6.45) is 2.37. The Balaban J connectivity index is 2.68. The van der Waals surface area contributed by atoms with Gasteiger partial charge in [-0.3, -0.25) is 0 Å². The number of hydrogen-bond donors (Lipinski definition) is 1. The Morgan fingerprint density at radius 2 is 1.88 bits per heavy atom. The summed E-state index contributed by atoms with van der Waals surface area (Å²) >= 11 is 0. The average Bonchev–Trinajstić information content (AvgIpc) is 2.30. The predicted octanol–water partition coefficient (Wildman–Crippen LogP) is 2.94. The molecule has 90 valence electrons. The fourth-order valence-corrected chi connectivity index (χ4v) is 1.89. The second-order valence-electron chi connectivity index (χ2n) is 4.06. The molecule has 0 heterocycles. The fraction of sp³-hybridized carbons (Fsp3) is 0.571. The Labute approximate surface area is 99.0 Å². The van der Waals surface area contributed by atoms with Crippen LogP contribution in [0.1, 0.15) is 37.4 Å². The van der Waals surface area contributed by atoms with Gasteiger partial charge >= 0.3 is 0 Å². The van der Waals surface area contributed by atoms with Gasteiger partial charge < -0.3 is 10.1 Å². The number of methoxy groups -OCH3 is 1. The van der Waals surface area contributed by atoms with E-state index in [0.717, 1.165) is 19.6 Å². The minimum atomic E-state index is 0.311. The van der Waals surface area contributed by atoms with E-state index in [-0.39, 0.29) is 0 Å². The molecule has 0 spiro atoms. The average molecular weight is 221 g/mol. The lowest BCUT2D eigenvalue weighted by molar-refractivity contribution is 0.168. The van der Waals surface area contributed by atoms with Crippen molar-refractivity contribution in [2.75, 3.05) is 20.3 Å². The molecule has 1 N–H and O–H groups in total. The van der Waals surface area contributed by atoms with Crippen LogP contribution in [-0.4, -0.2) is 20.3 Å². The highest BCUT2D eigenvalue weighted by Crippen LogP contribution is 2.15. The second-order valence-corrected chi connectivity index (χ2v) is 4.06. The molecule has 1 aromatic carbocycles. The molecule has 1 aromatic rings. The molecule has 0 saturated heterocycles. The first-order chi connectivity index (χ1) is 7.81. The van der Waals surface area contributed by atoms with E-state index < -0.39 is 0 Å². The maximum absolute atomic E-state index is 5.23. The summed E-state index contributed by atoms with van der Waals surface area (Å²) in [7, 11) is 1.75. The number of rotatable bonds is 7. The van der Waals surface area contributed by atoms with Gasteiger partial charge in [-0.1, -0.05) is 44.5 Å². The molecule has 16 heavy (non-hydrogen) atoms. The standard InChI is InChI=1S/C14H23NO/c1-4-6-12-7-9-13(10-8-12)14(11-16-3)15-5-2/h7-10,14-15H,4-6,11H2,1-3H3. The maximum atomic E-state index is 5.23. The van der Waals surface area contributed by atoms with Gasteiger partial charge in [-0.25, -0.2) is 0 Å². The highest BCUT2D eigenvalue weighted by atomic mass is 16.5. The Hall–Kier alpha value is -0.860. The SMILES string of the molecule is CCCc1ccc(C(COC)NCC)cc1. The van der Waals surface area contributed by atoms with E-state index in [1.165, 1.54) is 17.5 Å². The summed E-state index contributed by atoms with van der Waals surface area (Å²) < 4.78 is 5.23. The predicted molar refractivity (Wildman–Crippen MR) is 68.7 cm³/mol. The van der Waals surface area contributed by atoms with Crippen molar-refractivity contribution in [1.82, 2.24) is 5.32 Å². The largest absolute Gasteiger partial charge is 0.383 e. The Bertz CT molecular complexity index is 275. The van der Waals surface area contributed by atoms with Crippen LogP contribution in [0.5, 0.6) is 0 Å². The van der Waals surface area contributed by atoms with Crippen LogP contribution in [0, 0.1) is 0 Å². The van der Waals surface area contributed by atoms with Gasteiger partial charge in [0.2, 0.25) is 0 Å². The van der Waals surface area contributed by atoms with E-state index in [4.69, 9.17) is 4.74 Å². The van der Waals surface area contributed by atoms with E-state index in [1.807, 2.05) is 0 Å². The Morgan fingerprint density at radius 3 is 2.38 bits per heavy atom. The van der Waals surface area contributed by atoms with Crippen LogP contribution >= 0.6 is 0 Å². The van der Waals surface area contributed by atoms with Crippen LogP contribution in [-0.2, 0) is 11.2 Å². The van der Waals surface area contributed by atoms with Crippen LogP contribution in [0.15, 0.2) is 24.3 Å². The molecule has 0 aliphatic heterocycles. The molecule has 1 unspecified atom stereocenters. The number of aryl methyl sites for hydroxylation is 1. The van der Waals surface area contributed by atoms with Crippen molar-refractivity contribution >= 4 is 0 Å². The molecule has 2 heteroatoms. The van der Waals surface area contributed by atoms with Gasteiger partial charge in [-0.15, -0.1) is 0 Å².